The molecule has 37 heavy (non-hydrogen) atoms. The second-order valence-corrected chi connectivity index (χ2v) is 13.1. The van der Waals surface area contributed by atoms with Crippen molar-refractivity contribution in [1.29, 1.82) is 0 Å². The van der Waals surface area contributed by atoms with E-state index in [2.05, 4.69) is 39.5 Å². The number of thiophene rings is 1. The first-order valence-corrected chi connectivity index (χ1v) is 14.8. The van der Waals surface area contributed by atoms with Crippen molar-refractivity contribution in [1.82, 2.24) is 0 Å². The smallest absolute Gasteiger partial charge is 0.350 e. The van der Waals surface area contributed by atoms with Crippen molar-refractivity contribution >= 4 is 28.9 Å². The Morgan fingerprint density at radius 3 is 2.32 bits per heavy atom. The summed E-state index contributed by atoms with van der Waals surface area (Å²) in [5.41, 5.74) is 0.513. The van der Waals surface area contributed by atoms with Crippen molar-refractivity contribution < 1.29 is 23.8 Å². The Labute approximate surface area is 226 Å². The summed E-state index contributed by atoms with van der Waals surface area (Å²) in [6.07, 6.45) is 8.83. The van der Waals surface area contributed by atoms with Crippen LogP contribution < -0.4 is 4.90 Å². The van der Waals surface area contributed by atoms with Gasteiger partial charge in [0.05, 0.1) is 36.5 Å². The van der Waals surface area contributed by atoms with Crippen LogP contribution in [-0.2, 0) is 19.0 Å². The molecule has 0 unspecified atom stereocenters. The Bertz CT molecular complexity index is 993. The minimum Gasteiger partial charge on any atom is -0.465 e. The predicted molar refractivity (Wildman–Crippen MR) is 147 cm³/mol. The van der Waals surface area contributed by atoms with Crippen LogP contribution in [0.2, 0.25) is 0 Å². The van der Waals surface area contributed by atoms with Crippen LogP contribution in [0.15, 0.2) is 6.07 Å². The zero-order chi connectivity index (χ0) is 26.6. The lowest BCUT2D eigenvalue weighted by molar-refractivity contribution is -0.124. The highest BCUT2D eigenvalue weighted by Crippen LogP contribution is 2.39. The average Bonchev–Trinajstić information content (AvgIpc) is 3.54. The number of rotatable bonds is 6. The molecule has 4 rings (SSSR count). The average molecular weight is 530 g/mol. The summed E-state index contributed by atoms with van der Waals surface area (Å²) in [4.78, 5) is 30.3. The molecule has 0 bridgehead atoms. The number of anilines is 1. The number of hydrogen-bond acceptors (Lipinski definition) is 6. The third-order valence-corrected chi connectivity index (χ3v) is 8.81. The molecule has 1 atom stereocenters. The molecule has 0 aromatic carbocycles. The van der Waals surface area contributed by atoms with Gasteiger partial charge in [-0.25, -0.2) is 4.79 Å². The molecule has 3 aliphatic rings. The van der Waals surface area contributed by atoms with E-state index in [1.165, 1.54) is 18.4 Å². The first-order chi connectivity index (χ1) is 17.6. The fourth-order valence-electron chi connectivity index (χ4n) is 5.64. The van der Waals surface area contributed by atoms with E-state index in [1.54, 1.807) is 0 Å². The van der Waals surface area contributed by atoms with Crippen LogP contribution in [0.5, 0.6) is 0 Å². The monoisotopic (exact) mass is 529 g/mol. The van der Waals surface area contributed by atoms with E-state index in [4.69, 9.17) is 14.2 Å². The van der Waals surface area contributed by atoms with Gasteiger partial charge in [0.1, 0.15) is 4.88 Å². The van der Waals surface area contributed by atoms with Gasteiger partial charge in [0.2, 0.25) is 5.91 Å². The van der Waals surface area contributed by atoms with Crippen molar-refractivity contribution in [2.45, 2.75) is 104 Å². The topological polar surface area (TPSA) is 65.1 Å². The summed E-state index contributed by atoms with van der Waals surface area (Å²) in [6.45, 7) is 9.91. The van der Waals surface area contributed by atoms with Gasteiger partial charge in [-0.15, -0.1) is 11.3 Å². The highest BCUT2D eigenvalue weighted by molar-refractivity contribution is 7.15. The third-order valence-electron chi connectivity index (χ3n) is 7.79. The van der Waals surface area contributed by atoms with Gasteiger partial charge in [-0.1, -0.05) is 18.8 Å². The molecule has 6 nitrogen and oxygen atoms in total. The zero-order valence-corrected chi connectivity index (χ0v) is 24.0. The van der Waals surface area contributed by atoms with Crippen LogP contribution in [0, 0.1) is 29.1 Å². The number of carbonyl (C=O) groups is 2. The summed E-state index contributed by atoms with van der Waals surface area (Å²) in [6, 6.07) is 1.98. The maximum absolute atomic E-state index is 14.1. The van der Waals surface area contributed by atoms with E-state index in [1.807, 2.05) is 11.0 Å². The van der Waals surface area contributed by atoms with Crippen molar-refractivity contribution in [3.63, 3.8) is 0 Å². The Kier molecular flexibility index (Phi) is 9.37. The summed E-state index contributed by atoms with van der Waals surface area (Å²) in [5, 5.41) is 0. The molecule has 1 amide bonds. The quantitative estimate of drug-likeness (QED) is 0.324. The van der Waals surface area contributed by atoms with Crippen LogP contribution >= 0.6 is 11.3 Å². The zero-order valence-electron chi connectivity index (χ0n) is 23.1. The fourth-order valence-corrected chi connectivity index (χ4v) is 6.56. The third kappa shape index (κ3) is 7.37. The van der Waals surface area contributed by atoms with Gasteiger partial charge in [0, 0.05) is 24.0 Å². The molecule has 1 aliphatic heterocycles. The molecule has 0 spiro atoms. The van der Waals surface area contributed by atoms with E-state index < -0.39 is 5.97 Å². The van der Waals surface area contributed by atoms with Gasteiger partial charge >= 0.3 is 5.97 Å². The summed E-state index contributed by atoms with van der Waals surface area (Å²) in [5.74, 6) is 6.92. The molecule has 2 saturated carbocycles. The first-order valence-electron chi connectivity index (χ1n) is 14.0. The van der Waals surface area contributed by atoms with Crippen LogP contribution in [0.4, 0.5) is 5.69 Å². The summed E-state index contributed by atoms with van der Waals surface area (Å²) < 4.78 is 16.9. The molecule has 2 aliphatic carbocycles. The SMILES string of the molecule is COC(=O)c1sc(C#CC(C)(C)C)cc1N(C(=O)[C@H]1CC[C@H](C)CC1)C1CCC(O[C@H]2CCOC2)CC1. The molecule has 7 heteroatoms. The largest absolute Gasteiger partial charge is 0.465 e. The minimum atomic E-state index is -0.405. The molecular weight excluding hydrogens is 486 g/mol. The van der Waals surface area contributed by atoms with Crippen molar-refractivity contribution in [3.05, 3.63) is 15.8 Å². The number of amides is 1. The van der Waals surface area contributed by atoms with Gasteiger partial charge in [-0.2, -0.15) is 0 Å². The van der Waals surface area contributed by atoms with Crippen molar-refractivity contribution in [3.8, 4) is 11.8 Å². The second kappa shape index (κ2) is 12.3. The molecule has 204 valence electrons. The maximum Gasteiger partial charge on any atom is 0.350 e. The number of carbonyl (C=O) groups excluding carboxylic acids is 2. The van der Waals surface area contributed by atoms with Gasteiger partial charge < -0.3 is 19.1 Å². The standard InChI is InChI=1S/C30H43NO5S/c1-20-6-8-21(9-7-20)28(32)31(22-10-12-23(13-11-22)36-24-15-17-35-19-24)26-18-25(14-16-30(2,3)4)37-27(26)29(33)34-5/h18,20-24H,6-13,15,17,19H2,1-5H3/t20-,21-,22?,23?,24-/m0/s1. The molecule has 1 aromatic heterocycles. The van der Waals surface area contributed by atoms with E-state index in [-0.39, 0.29) is 35.5 Å². The van der Waals surface area contributed by atoms with Gasteiger partial charge in [-0.3, -0.25) is 4.79 Å². The van der Waals surface area contributed by atoms with Crippen LogP contribution in [0.25, 0.3) is 0 Å². The lowest BCUT2D eigenvalue weighted by Gasteiger charge is -2.40. The number of ether oxygens (including phenoxy) is 3. The van der Waals surface area contributed by atoms with Gasteiger partial charge in [0.15, 0.2) is 0 Å². The van der Waals surface area contributed by atoms with Gasteiger partial charge in [-0.05, 0) is 90.5 Å². The molecule has 1 saturated heterocycles. The van der Waals surface area contributed by atoms with Crippen LogP contribution in [0.3, 0.4) is 0 Å². The van der Waals surface area contributed by atoms with E-state index in [9.17, 15) is 9.59 Å². The Balaban J connectivity index is 1.62. The Morgan fingerprint density at radius 1 is 1.03 bits per heavy atom. The molecule has 2 heterocycles. The molecule has 0 radical (unpaired) electrons. The van der Waals surface area contributed by atoms with Crippen molar-refractivity contribution in [2.24, 2.45) is 17.3 Å². The summed E-state index contributed by atoms with van der Waals surface area (Å²) >= 11 is 1.33. The Hall–Kier alpha value is -1.88. The molecule has 3 fully saturated rings. The van der Waals surface area contributed by atoms with Crippen LogP contribution in [-0.4, -0.2) is 50.4 Å². The molecule has 1 aromatic rings. The number of methoxy groups -OCH3 is 1. The van der Waals surface area contributed by atoms with Crippen molar-refractivity contribution in [2.75, 3.05) is 25.2 Å². The van der Waals surface area contributed by atoms with Crippen LogP contribution in [0.1, 0.15) is 100 Å². The van der Waals surface area contributed by atoms with E-state index in [0.29, 0.717) is 23.1 Å². The highest BCUT2D eigenvalue weighted by atomic mass is 32.1. The van der Waals surface area contributed by atoms with E-state index in [0.717, 1.165) is 69.3 Å². The van der Waals surface area contributed by atoms with E-state index >= 15 is 0 Å². The predicted octanol–water partition coefficient (Wildman–Crippen LogP) is 6.21. The molecular formula is C30H43NO5S. The maximum atomic E-state index is 14.1. The molecule has 0 N–H and O–H groups in total. The summed E-state index contributed by atoms with van der Waals surface area (Å²) in [7, 11) is 1.40. The van der Waals surface area contributed by atoms with Gasteiger partial charge in [0.25, 0.3) is 0 Å². The minimum absolute atomic E-state index is 0.00434. The first kappa shape index (κ1) is 28.1. The fraction of sp³-hybridized carbons (Fsp3) is 0.733. The Morgan fingerprint density at radius 2 is 1.73 bits per heavy atom. The number of esters is 1. The normalized spacial score (nSPS) is 28.3. The lowest BCUT2D eigenvalue weighted by Crippen LogP contribution is -2.47. The highest BCUT2D eigenvalue weighted by Gasteiger charge is 2.38. The number of nitrogens with zero attached hydrogens (tertiary/aromatic N) is 1. The number of hydrogen-bond donors (Lipinski definition) is 0. The second-order valence-electron chi connectivity index (χ2n) is 12.0. The lowest BCUT2D eigenvalue weighted by atomic mass is 9.81.